The summed E-state index contributed by atoms with van der Waals surface area (Å²) < 4.78 is 18.9. The second kappa shape index (κ2) is 8.53. The number of likely N-dealkylation sites (tertiary alicyclic amines) is 1. The van der Waals surface area contributed by atoms with Gasteiger partial charge in [0.05, 0.1) is 13.0 Å². The van der Waals surface area contributed by atoms with Crippen LogP contribution in [0.15, 0.2) is 42.5 Å². The highest BCUT2D eigenvalue weighted by atomic mass is 19.1. The normalized spacial score (nSPS) is 20.3. The third kappa shape index (κ3) is 4.66. The number of aryl methyl sites for hydroxylation is 1. The molecule has 1 fully saturated rings. The van der Waals surface area contributed by atoms with Gasteiger partial charge in [0.2, 0.25) is 5.91 Å². The fourth-order valence-corrected chi connectivity index (χ4v) is 3.75. The fraction of sp³-hybridized carbons (Fsp3) is 0.409. The molecule has 1 heterocycles. The van der Waals surface area contributed by atoms with Gasteiger partial charge >= 0.3 is 0 Å². The molecule has 0 aromatic heterocycles. The number of methoxy groups -OCH3 is 1. The first-order valence-corrected chi connectivity index (χ1v) is 9.43. The predicted molar refractivity (Wildman–Crippen MR) is 106 cm³/mol. The summed E-state index contributed by atoms with van der Waals surface area (Å²) in [5, 5.41) is 3.02. The minimum atomic E-state index is -0.186. The molecule has 0 bridgehead atoms. The van der Waals surface area contributed by atoms with Gasteiger partial charge in [-0.2, -0.15) is 0 Å². The number of carbonyl (C=O) groups is 1. The summed E-state index contributed by atoms with van der Waals surface area (Å²) in [5.74, 6) is 0.657. The molecular weight excluding hydrogens is 343 g/mol. The highest BCUT2D eigenvalue weighted by molar-refractivity contribution is 5.93. The van der Waals surface area contributed by atoms with Gasteiger partial charge in [0.15, 0.2) is 0 Å². The van der Waals surface area contributed by atoms with Crippen LogP contribution < -0.4 is 10.1 Å². The molecule has 1 saturated heterocycles. The van der Waals surface area contributed by atoms with Crippen molar-refractivity contribution in [2.45, 2.75) is 26.2 Å². The van der Waals surface area contributed by atoms with E-state index in [2.05, 4.69) is 17.1 Å². The Hall–Kier alpha value is -2.40. The molecule has 2 unspecified atom stereocenters. The van der Waals surface area contributed by atoms with Crippen molar-refractivity contribution in [3.63, 3.8) is 0 Å². The van der Waals surface area contributed by atoms with Crippen molar-refractivity contribution < 1.29 is 13.9 Å². The lowest BCUT2D eigenvalue weighted by atomic mass is 9.83. The fourth-order valence-electron chi connectivity index (χ4n) is 3.75. The van der Waals surface area contributed by atoms with E-state index in [-0.39, 0.29) is 23.6 Å². The molecule has 1 aliphatic rings. The first-order chi connectivity index (χ1) is 13.0. The van der Waals surface area contributed by atoms with E-state index in [9.17, 15) is 9.18 Å². The minimum absolute atomic E-state index is 0.0187. The number of likely N-dealkylation sites (N-methyl/N-ethyl adjacent to an activating group) is 1. The van der Waals surface area contributed by atoms with Crippen molar-refractivity contribution in [3.8, 4) is 5.75 Å². The zero-order valence-electron chi connectivity index (χ0n) is 16.2. The van der Waals surface area contributed by atoms with Gasteiger partial charge in [-0.3, -0.25) is 4.79 Å². The van der Waals surface area contributed by atoms with Gasteiger partial charge in [-0.1, -0.05) is 25.1 Å². The lowest BCUT2D eigenvalue weighted by Crippen LogP contribution is -2.43. The molecule has 1 amide bonds. The van der Waals surface area contributed by atoms with Crippen molar-refractivity contribution >= 4 is 11.6 Å². The van der Waals surface area contributed by atoms with Crippen LogP contribution in [0.4, 0.5) is 10.1 Å². The van der Waals surface area contributed by atoms with Crippen LogP contribution in [0.1, 0.15) is 30.4 Å². The molecule has 2 aromatic carbocycles. The molecule has 27 heavy (non-hydrogen) atoms. The van der Waals surface area contributed by atoms with E-state index in [1.807, 2.05) is 36.4 Å². The summed E-state index contributed by atoms with van der Waals surface area (Å²) in [6.45, 7) is 6.41. The summed E-state index contributed by atoms with van der Waals surface area (Å²) in [6, 6.07) is 12.7. The summed E-state index contributed by atoms with van der Waals surface area (Å²) in [6.07, 6.45) is 0.761. The van der Waals surface area contributed by atoms with Gasteiger partial charge in [0.25, 0.3) is 0 Å². The lowest BCUT2D eigenvalue weighted by Gasteiger charge is -2.37. The highest BCUT2D eigenvalue weighted by Crippen LogP contribution is 2.32. The number of amides is 1. The number of carbonyl (C=O) groups excluding carboxylic acids is 1. The monoisotopic (exact) mass is 370 g/mol. The molecule has 0 saturated carbocycles. The highest BCUT2D eigenvalue weighted by Gasteiger charge is 2.32. The Bertz CT molecular complexity index is 809. The number of rotatable bonds is 5. The molecule has 144 valence electrons. The number of nitrogens with one attached hydrogen (secondary N) is 1. The van der Waals surface area contributed by atoms with E-state index < -0.39 is 0 Å². The Morgan fingerprint density at radius 1 is 1.26 bits per heavy atom. The molecule has 3 rings (SSSR count). The second-order valence-corrected chi connectivity index (χ2v) is 7.21. The molecule has 0 radical (unpaired) electrons. The molecule has 2 aromatic rings. The topological polar surface area (TPSA) is 41.6 Å². The number of nitrogens with zero attached hydrogens (tertiary/aromatic N) is 1. The average Bonchev–Trinajstić information content (AvgIpc) is 2.69. The van der Waals surface area contributed by atoms with E-state index in [1.54, 1.807) is 14.0 Å². The van der Waals surface area contributed by atoms with E-state index >= 15 is 0 Å². The molecule has 5 heteroatoms. The standard InChI is InChI=1S/C22H27FN2O2/c1-4-25-13-17(16-8-9-21(23)15(2)10-16)11-18(14-25)22(26)24-19-6-5-7-20(12-19)27-3/h5-10,12,17-18H,4,11,13-14H2,1-3H3,(H,24,26). The van der Waals surface area contributed by atoms with Crippen LogP contribution in [0.2, 0.25) is 0 Å². The van der Waals surface area contributed by atoms with Crippen molar-refractivity contribution in [3.05, 3.63) is 59.4 Å². The number of piperidine rings is 1. The van der Waals surface area contributed by atoms with Crippen molar-refractivity contribution in [2.24, 2.45) is 5.92 Å². The largest absolute Gasteiger partial charge is 0.497 e. The van der Waals surface area contributed by atoms with Gasteiger partial charge in [-0.25, -0.2) is 4.39 Å². The number of hydrogen-bond acceptors (Lipinski definition) is 3. The summed E-state index contributed by atoms with van der Waals surface area (Å²) in [7, 11) is 1.61. The second-order valence-electron chi connectivity index (χ2n) is 7.21. The Kier molecular flexibility index (Phi) is 6.11. The Morgan fingerprint density at radius 3 is 2.78 bits per heavy atom. The zero-order chi connectivity index (χ0) is 19.4. The zero-order valence-corrected chi connectivity index (χ0v) is 16.2. The number of halogens is 1. The van der Waals surface area contributed by atoms with Crippen LogP contribution in [0, 0.1) is 18.7 Å². The molecule has 0 aliphatic carbocycles. The van der Waals surface area contributed by atoms with E-state index in [0.717, 1.165) is 37.3 Å². The van der Waals surface area contributed by atoms with Crippen molar-refractivity contribution in [2.75, 3.05) is 32.1 Å². The van der Waals surface area contributed by atoms with E-state index in [1.165, 1.54) is 6.07 Å². The smallest absolute Gasteiger partial charge is 0.228 e. The third-order valence-electron chi connectivity index (χ3n) is 5.33. The van der Waals surface area contributed by atoms with Gasteiger partial charge < -0.3 is 15.0 Å². The minimum Gasteiger partial charge on any atom is -0.497 e. The van der Waals surface area contributed by atoms with Crippen molar-refractivity contribution in [1.82, 2.24) is 4.90 Å². The maximum Gasteiger partial charge on any atom is 0.228 e. The average molecular weight is 370 g/mol. The number of hydrogen-bond donors (Lipinski definition) is 1. The third-order valence-corrected chi connectivity index (χ3v) is 5.33. The molecule has 4 nitrogen and oxygen atoms in total. The lowest BCUT2D eigenvalue weighted by molar-refractivity contribution is -0.121. The van der Waals surface area contributed by atoms with Gasteiger partial charge in [0, 0.05) is 24.8 Å². The SMILES string of the molecule is CCN1CC(C(=O)Nc2cccc(OC)c2)CC(c2ccc(F)c(C)c2)C1. The Balaban J connectivity index is 1.75. The molecule has 0 spiro atoms. The predicted octanol–water partition coefficient (Wildman–Crippen LogP) is 4.21. The van der Waals surface area contributed by atoms with Gasteiger partial charge in [-0.15, -0.1) is 0 Å². The van der Waals surface area contributed by atoms with Crippen LogP contribution in [-0.2, 0) is 4.79 Å². The van der Waals surface area contributed by atoms with Crippen LogP contribution in [0.3, 0.4) is 0 Å². The summed E-state index contributed by atoms with van der Waals surface area (Å²) in [4.78, 5) is 15.2. The quantitative estimate of drug-likeness (QED) is 0.857. The molecular formula is C22H27FN2O2. The van der Waals surface area contributed by atoms with E-state index in [4.69, 9.17) is 4.74 Å². The van der Waals surface area contributed by atoms with Gasteiger partial charge in [0.1, 0.15) is 11.6 Å². The summed E-state index contributed by atoms with van der Waals surface area (Å²) >= 11 is 0. The Labute approximate surface area is 160 Å². The summed E-state index contributed by atoms with van der Waals surface area (Å²) in [5.41, 5.74) is 2.49. The van der Waals surface area contributed by atoms with Crippen molar-refractivity contribution in [1.29, 1.82) is 0 Å². The van der Waals surface area contributed by atoms with Crippen LogP contribution in [-0.4, -0.2) is 37.6 Å². The maximum absolute atomic E-state index is 13.6. The first kappa shape index (κ1) is 19.4. The first-order valence-electron chi connectivity index (χ1n) is 9.43. The maximum atomic E-state index is 13.6. The van der Waals surface area contributed by atoms with Crippen LogP contribution >= 0.6 is 0 Å². The Morgan fingerprint density at radius 2 is 2.07 bits per heavy atom. The molecule has 1 N–H and O–H groups in total. The van der Waals surface area contributed by atoms with Crippen LogP contribution in [0.5, 0.6) is 5.75 Å². The number of anilines is 1. The number of ether oxygens (including phenoxy) is 1. The number of benzene rings is 2. The van der Waals surface area contributed by atoms with Gasteiger partial charge in [-0.05, 0) is 55.1 Å². The molecule has 1 aliphatic heterocycles. The van der Waals surface area contributed by atoms with Crippen LogP contribution in [0.25, 0.3) is 0 Å². The molecule has 2 atom stereocenters. The van der Waals surface area contributed by atoms with E-state index in [0.29, 0.717) is 11.3 Å².